The molecule has 34 heavy (non-hydrogen) atoms. The second-order valence-corrected chi connectivity index (χ2v) is 8.47. The van der Waals surface area contributed by atoms with E-state index in [0.717, 1.165) is 5.56 Å². The molecule has 0 unspecified atom stereocenters. The highest BCUT2D eigenvalue weighted by molar-refractivity contribution is 5.97. The molecule has 182 valence electrons. The van der Waals surface area contributed by atoms with E-state index in [0.29, 0.717) is 5.56 Å². The zero-order valence-electron chi connectivity index (χ0n) is 20.0. The average molecular weight is 469 g/mol. The maximum atomic E-state index is 13.4. The van der Waals surface area contributed by atoms with Crippen LogP contribution in [0.2, 0.25) is 0 Å². The normalized spacial score (nSPS) is 12.7. The van der Waals surface area contributed by atoms with Crippen LogP contribution in [0.5, 0.6) is 0 Å². The Morgan fingerprint density at radius 3 is 2.00 bits per heavy atom. The van der Waals surface area contributed by atoms with Gasteiger partial charge in [-0.15, -0.1) is 0 Å². The lowest BCUT2D eigenvalue weighted by atomic mass is 9.81. The van der Waals surface area contributed by atoms with Gasteiger partial charge in [0, 0.05) is 24.4 Å². The topological polar surface area (TPSA) is 111 Å². The van der Waals surface area contributed by atoms with E-state index in [1.54, 1.807) is 44.2 Å². The summed E-state index contributed by atoms with van der Waals surface area (Å²) in [6, 6.07) is 16.2. The summed E-state index contributed by atoms with van der Waals surface area (Å²) < 4.78 is 9.62. The molecular formula is C26H32N2O6. The van der Waals surface area contributed by atoms with Crippen LogP contribution in [0.3, 0.4) is 0 Å². The minimum absolute atomic E-state index is 0.00158. The van der Waals surface area contributed by atoms with Crippen molar-refractivity contribution in [3.05, 3.63) is 71.8 Å². The summed E-state index contributed by atoms with van der Waals surface area (Å²) in [5.74, 6) is -1.86. The van der Waals surface area contributed by atoms with Crippen LogP contribution in [-0.2, 0) is 30.3 Å². The van der Waals surface area contributed by atoms with E-state index in [-0.39, 0.29) is 19.3 Å². The largest absolute Gasteiger partial charge is 0.469 e. The van der Waals surface area contributed by atoms with Gasteiger partial charge in [0.2, 0.25) is 5.91 Å². The van der Waals surface area contributed by atoms with Crippen molar-refractivity contribution in [2.24, 2.45) is 5.41 Å². The molecule has 0 radical (unpaired) electrons. The lowest BCUT2D eigenvalue weighted by molar-refractivity contribution is -0.154. The first-order valence-corrected chi connectivity index (χ1v) is 11.0. The van der Waals surface area contributed by atoms with Gasteiger partial charge in [-0.2, -0.15) is 0 Å². The van der Waals surface area contributed by atoms with Crippen molar-refractivity contribution in [3.63, 3.8) is 0 Å². The second kappa shape index (κ2) is 12.5. The van der Waals surface area contributed by atoms with Gasteiger partial charge < -0.3 is 20.1 Å². The van der Waals surface area contributed by atoms with Crippen LogP contribution in [0.1, 0.15) is 42.6 Å². The predicted octanol–water partition coefficient (Wildman–Crippen LogP) is 2.66. The first-order valence-electron chi connectivity index (χ1n) is 11.0. The molecule has 2 amide bonds. The third-order valence-electron chi connectivity index (χ3n) is 5.70. The molecule has 0 aliphatic rings. The fourth-order valence-corrected chi connectivity index (χ4v) is 3.55. The summed E-state index contributed by atoms with van der Waals surface area (Å²) in [4.78, 5) is 50.4. The van der Waals surface area contributed by atoms with Crippen LogP contribution in [0.15, 0.2) is 60.7 Å². The van der Waals surface area contributed by atoms with Crippen molar-refractivity contribution in [2.45, 2.75) is 45.2 Å². The number of ether oxygens (including phenoxy) is 2. The Bertz CT molecular complexity index is 975. The van der Waals surface area contributed by atoms with Crippen LogP contribution >= 0.6 is 0 Å². The Balaban J connectivity index is 2.28. The first kappa shape index (κ1) is 26.6. The molecule has 2 rings (SSSR count). The number of esters is 2. The molecule has 0 fully saturated rings. The maximum Gasteiger partial charge on any atom is 0.313 e. The fraction of sp³-hybridized carbons (Fsp3) is 0.385. The highest BCUT2D eigenvalue weighted by Crippen LogP contribution is 2.26. The standard InChI is InChI=1S/C26H32N2O6/c1-26(2,25(32)34-4)21(15-16-22(29)33-3)28-24(31)20(17-18-11-7-5-8-12-18)27-23(30)19-13-9-6-10-14-19/h5-14,20-21H,15-17H2,1-4H3,(H,27,30)(H,28,31)/t20-,21+/m0/s1. The van der Waals surface area contributed by atoms with Crippen molar-refractivity contribution < 1.29 is 28.7 Å². The molecular weight excluding hydrogens is 436 g/mol. The van der Waals surface area contributed by atoms with E-state index in [1.807, 2.05) is 30.3 Å². The van der Waals surface area contributed by atoms with Gasteiger partial charge in [0.15, 0.2) is 0 Å². The number of carbonyl (C=O) groups is 4. The van der Waals surface area contributed by atoms with Gasteiger partial charge in [-0.3, -0.25) is 19.2 Å². The number of hydrogen-bond donors (Lipinski definition) is 2. The van der Waals surface area contributed by atoms with Gasteiger partial charge in [0.05, 0.1) is 19.6 Å². The Labute approximate surface area is 200 Å². The lowest BCUT2D eigenvalue weighted by Gasteiger charge is -2.33. The van der Waals surface area contributed by atoms with Gasteiger partial charge in [-0.1, -0.05) is 48.5 Å². The summed E-state index contributed by atoms with van der Waals surface area (Å²) in [6.07, 6.45) is 0.403. The van der Waals surface area contributed by atoms with Crippen molar-refractivity contribution in [2.75, 3.05) is 14.2 Å². The van der Waals surface area contributed by atoms with Crippen molar-refractivity contribution in [1.82, 2.24) is 10.6 Å². The van der Waals surface area contributed by atoms with E-state index in [4.69, 9.17) is 9.47 Å². The van der Waals surface area contributed by atoms with Crippen LogP contribution in [0, 0.1) is 5.41 Å². The number of nitrogens with one attached hydrogen (secondary N) is 2. The highest BCUT2D eigenvalue weighted by Gasteiger charge is 2.40. The van der Waals surface area contributed by atoms with E-state index in [9.17, 15) is 19.2 Å². The minimum atomic E-state index is -1.13. The monoisotopic (exact) mass is 468 g/mol. The molecule has 0 aliphatic heterocycles. The summed E-state index contributed by atoms with van der Waals surface area (Å²) in [5, 5.41) is 5.67. The van der Waals surface area contributed by atoms with Crippen LogP contribution in [-0.4, -0.2) is 50.1 Å². The fourth-order valence-electron chi connectivity index (χ4n) is 3.55. The number of rotatable bonds is 11. The molecule has 0 saturated carbocycles. The van der Waals surface area contributed by atoms with Gasteiger partial charge in [0.1, 0.15) is 6.04 Å². The second-order valence-electron chi connectivity index (χ2n) is 8.47. The van der Waals surface area contributed by atoms with Crippen molar-refractivity contribution in [3.8, 4) is 0 Å². The third-order valence-corrected chi connectivity index (χ3v) is 5.70. The molecule has 2 N–H and O–H groups in total. The molecule has 0 aliphatic carbocycles. The summed E-state index contributed by atoms with van der Waals surface area (Å²) in [5.41, 5.74) is 0.152. The molecule has 2 aromatic carbocycles. The number of methoxy groups -OCH3 is 2. The van der Waals surface area contributed by atoms with E-state index in [2.05, 4.69) is 10.6 Å². The molecule has 0 aromatic heterocycles. The minimum Gasteiger partial charge on any atom is -0.469 e. The van der Waals surface area contributed by atoms with Crippen LogP contribution in [0.4, 0.5) is 0 Å². The lowest BCUT2D eigenvalue weighted by Crippen LogP contribution is -2.55. The van der Waals surface area contributed by atoms with E-state index < -0.39 is 41.3 Å². The predicted molar refractivity (Wildman–Crippen MR) is 127 cm³/mol. The smallest absolute Gasteiger partial charge is 0.313 e. The summed E-state index contributed by atoms with van der Waals surface area (Å²) >= 11 is 0. The number of carbonyl (C=O) groups excluding carboxylic acids is 4. The van der Waals surface area contributed by atoms with Crippen LogP contribution < -0.4 is 10.6 Å². The Hall–Kier alpha value is -3.68. The molecule has 8 heteroatoms. The zero-order chi connectivity index (χ0) is 25.1. The molecule has 0 bridgehead atoms. The van der Waals surface area contributed by atoms with Crippen LogP contribution in [0.25, 0.3) is 0 Å². The number of benzene rings is 2. The van der Waals surface area contributed by atoms with Gasteiger partial charge in [-0.05, 0) is 38.0 Å². The van der Waals surface area contributed by atoms with E-state index >= 15 is 0 Å². The molecule has 2 aromatic rings. The highest BCUT2D eigenvalue weighted by atomic mass is 16.5. The molecule has 0 spiro atoms. The molecule has 8 nitrogen and oxygen atoms in total. The van der Waals surface area contributed by atoms with Gasteiger partial charge in [0.25, 0.3) is 5.91 Å². The quantitative estimate of drug-likeness (QED) is 0.491. The zero-order valence-corrected chi connectivity index (χ0v) is 20.0. The van der Waals surface area contributed by atoms with Crippen molar-refractivity contribution >= 4 is 23.8 Å². The third kappa shape index (κ3) is 7.43. The first-order chi connectivity index (χ1) is 16.2. The van der Waals surface area contributed by atoms with E-state index in [1.165, 1.54) is 14.2 Å². The Morgan fingerprint density at radius 2 is 1.44 bits per heavy atom. The maximum absolute atomic E-state index is 13.4. The Morgan fingerprint density at radius 1 is 0.853 bits per heavy atom. The number of hydrogen-bond acceptors (Lipinski definition) is 6. The molecule has 0 heterocycles. The Kier molecular flexibility index (Phi) is 9.79. The van der Waals surface area contributed by atoms with Gasteiger partial charge >= 0.3 is 11.9 Å². The summed E-state index contributed by atoms with van der Waals surface area (Å²) in [7, 11) is 2.54. The summed E-state index contributed by atoms with van der Waals surface area (Å²) in [6.45, 7) is 3.27. The number of amides is 2. The average Bonchev–Trinajstić information content (AvgIpc) is 2.86. The molecule has 0 saturated heterocycles. The molecule has 2 atom stereocenters. The SMILES string of the molecule is COC(=O)CC[C@@H](NC(=O)[C@H](Cc1ccccc1)NC(=O)c1ccccc1)C(C)(C)C(=O)OC. The van der Waals surface area contributed by atoms with Gasteiger partial charge in [-0.25, -0.2) is 0 Å². The van der Waals surface area contributed by atoms with Crippen molar-refractivity contribution in [1.29, 1.82) is 0 Å².